The molecule has 1 unspecified atom stereocenters. The maximum absolute atomic E-state index is 11.7. The summed E-state index contributed by atoms with van der Waals surface area (Å²) in [7, 11) is 0. The van der Waals surface area contributed by atoms with Crippen molar-refractivity contribution >= 4 is 29.1 Å². The summed E-state index contributed by atoms with van der Waals surface area (Å²) in [6, 6.07) is 4.89. The van der Waals surface area contributed by atoms with Crippen molar-refractivity contribution in [3.05, 3.63) is 28.2 Å². The highest BCUT2D eigenvalue weighted by Gasteiger charge is 2.14. The van der Waals surface area contributed by atoms with Crippen molar-refractivity contribution in [3.8, 4) is 5.75 Å². The molecule has 0 heterocycles. The van der Waals surface area contributed by atoms with Crippen LogP contribution in [-0.4, -0.2) is 25.1 Å². The standard InChI is InChI=1S/C13H18Cl2N2O2/c1-9(13(18)17-7-3-2-6-16)19-10-4-5-11(14)12(15)8-10/h4-5,8-9H,2-3,6-7,16H2,1H3,(H,17,18). The predicted molar refractivity (Wildman–Crippen MR) is 77.9 cm³/mol. The fraction of sp³-hybridized carbons (Fsp3) is 0.462. The second kappa shape index (κ2) is 8.25. The lowest BCUT2D eigenvalue weighted by Gasteiger charge is -2.15. The van der Waals surface area contributed by atoms with Gasteiger partial charge < -0.3 is 15.8 Å². The van der Waals surface area contributed by atoms with E-state index < -0.39 is 6.10 Å². The van der Waals surface area contributed by atoms with E-state index in [4.69, 9.17) is 33.7 Å². The summed E-state index contributed by atoms with van der Waals surface area (Å²) < 4.78 is 5.49. The Morgan fingerprint density at radius 1 is 1.37 bits per heavy atom. The summed E-state index contributed by atoms with van der Waals surface area (Å²) in [5.41, 5.74) is 5.37. The molecule has 0 aromatic heterocycles. The Balaban J connectivity index is 2.42. The predicted octanol–water partition coefficient (Wildman–Crippen LogP) is 2.62. The zero-order chi connectivity index (χ0) is 14.3. The van der Waals surface area contributed by atoms with Gasteiger partial charge in [0.05, 0.1) is 10.0 Å². The van der Waals surface area contributed by atoms with Crippen molar-refractivity contribution in [2.75, 3.05) is 13.1 Å². The first-order valence-electron chi connectivity index (χ1n) is 6.14. The fourth-order valence-electron chi connectivity index (χ4n) is 1.43. The summed E-state index contributed by atoms with van der Waals surface area (Å²) in [6.07, 6.45) is 1.17. The molecule has 6 heteroatoms. The molecule has 0 spiro atoms. The van der Waals surface area contributed by atoms with Gasteiger partial charge >= 0.3 is 0 Å². The van der Waals surface area contributed by atoms with Gasteiger partial charge in [-0.25, -0.2) is 0 Å². The van der Waals surface area contributed by atoms with Gasteiger partial charge in [-0.1, -0.05) is 23.2 Å². The first-order chi connectivity index (χ1) is 9.04. The van der Waals surface area contributed by atoms with Crippen molar-refractivity contribution in [1.29, 1.82) is 0 Å². The van der Waals surface area contributed by atoms with Crippen LogP contribution in [0.2, 0.25) is 10.0 Å². The molecule has 106 valence electrons. The van der Waals surface area contributed by atoms with Crippen LogP contribution in [0.3, 0.4) is 0 Å². The average Bonchev–Trinajstić information content (AvgIpc) is 2.38. The van der Waals surface area contributed by atoms with Crippen molar-refractivity contribution < 1.29 is 9.53 Å². The van der Waals surface area contributed by atoms with Crippen LogP contribution in [-0.2, 0) is 4.79 Å². The molecule has 19 heavy (non-hydrogen) atoms. The van der Waals surface area contributed by atoms with Gasteiger partial charge in [0.15, 0.2) is 6.10 Å². The number of carbonyl (C=O) groups excluding carboxylic acids is 1. The number of amides is 1. The molecule has 0 saturated carbocycles. The van der Waals surface area contributed by atoms with E-state index in [-0.39, 0.29) is 5.91 Å². The second-order valence-corrected chi connectivity index (χ2v) is 4.94. The topological polar surface area (TPSA) is 64.3 Å². The maximum atomic E-state index is 11.7. The number of hydrogen-bond acceptors (Lipinski definition) is 3. The van der Waals surface area contributed by atoms with Crippen LogP contribution in [0, 0.1) is 0 Å². The van der Waals surface area contributed by atoms with Crippen molar-refractivity contribution in [2.24, 2.45) is 5.73 Å². The molecule has 0 aliphatic rings. The van der Waals surface area contributed by atoms with Crippen LogP contribution in [0.4, 0.5) is 0 Å². The Morgan fingerprint density at radius 2 is 2.11 bits per heavy atom. The highest BCUT2D eigenvalue weighted by atomic mass is 35.5. The fourth-order valence-corrected chi connectivity index (χ4v) is 1.72. The van der Waals surface area contributed by atoms with E-state index in [1.54, 1.807) is 25.1 Å². The Bertz CT molecular complexity index is 427. The largest absolute Gasteiger partial charge is 0.481 e. The molecule has 1 aromatic carbocycles. The van der Waals surface area contributed by atoms with Crippen LogP contribution in [0.1, 0.15) is 19.8 Å². The smallest absolute Gasteiger partial charge is 0.260 e. The minimum atomic E-state index is -0.588. The molecular weight excluding hydrogens is 287 g/mol. The van der Waals surface area contributed by atoms with Gasteiger partial charge in [-0.15, -0.1) is 0 Å². The minimum Gasteiger partial charge on any atom is -0.481 e. The summed E-state index contributed by atoms with van der Waals surface area (Å²) in [5, 5.41) is 3.63. The molecule has 0 radical (unpaired) electrons. The van der Waals surface area contributed by atoms with Crippen LogP contribution in [0.15, 0.2) is 18.2 Å². The quantitative estimate of drug-likeness (QED) is 0.761. The average molecular weight is 305 g/mol. The minimum absolute atomic E-state index is 0.164. The monoisotopic (exact) mass is 304 g/mol. The molecule has 1 aromatic rings. The molecule has 4 nitrogen and oxygen atoms in total. The highest BCUT2D eigenvalue weighted by Crippen LogP contribution is 2.26. The van der Waals surface area contributed by atoms with Gasteiger partial charge in [-0.3, -0.25) is 4.79 Å². The first kappa shape index (κ1) is 16.1. The van der Waals surface area contributed by atoms with Crippen LogP contribution in [0.25, 0.3) is 0 Å². The van der Waals surface area contributed by atoms with E-state index in [0.29, 0.717) is 28.9 Å². The van der Waals surface area contributed by atoms with Crippen LogP contribution < -0.4 is 15.8 Å². The van der Waals surface area contributed by atoms with Crippen molar-refractivity contribution in [2.45, 2.75) is 25.9 Å². The number of benzene rings is 1. The number of hydrogen-bond donors (Lipinski definition) is 2. The van der Waals surface area contributed by atoms with Gasteiger partial charge in [0.1, 0.15) is 5.75 Å². The SMILES string of the molecule is CC(Oc1ccc(Cl)c(Cl)c1)C(=O)NCCCCN. The zero-order valence-electron chi connectivity index (χ0n) is 10.8. The molecule has 1 atom stereocenters. The molecule has 1 amide bonds. The number of rotatable bonds is 7. The molecule has 1 rings (SSSR count). The summed E-state index contributed by atoms with van der Waals surface area (Å²) in [5.74, 6) is 0.349. The second-order valence-electron chi connectivity index (χ2n) is 4.12. The van der Waals surface area contributed by atoms with Gasteiger partial charge in [0.2, 0.25) is 0 Å². The third-order valence-corrected chi connectivity index (χ3v) is 3.24. The Morgan fingerprint density at radius 3 is 2.74 bits per heavy atom. The van der Waals surface area contributed by atoms with E-state index in [1.807, 2.05) is 0 Å². The summed E-state index contributed by atoms with van der Waals surface area (Å²) in [6.45, 7) is 2.91. The van der Waals surface area contributed by atoms with E-state index >= 15 is 0 Å². The van der Waals surface area contributed by atoms with Gasteiger partial charge in [0, 0.05) is 12.6 Å². The number of halogens is 2. The number of unbranched alkanes of at least 4 members (excludes halogenated alkanes) is 1. The van der Waals surface area contributed by atoms with Crippen molar-refractivity contribution in [3.63, 3.8) is 0 Å². The Labute approximate surface area is 123 Å². The number of ether oxygens (including phenoxy) is 1. The lowest BCUT2D eigenvalue weighted by molar-refractivity contribution is -0.127. The first-order valence-corrected chi connectivity index (χ1v) is 6.89. The third-order valence-electron chi connectivity index (χ3n) is 2.50. The lowest BCUT2D eigenvalue weighted by atomic mass is 10.3. The van der Waals surface area contributed by atoms with E-state index in [9.17, 15) is 4.79 Å². The molecule has 0 saturated heterocycles. The molecule has 0 bridgehead atoms. The summed E-state index contributed by atoms with van der Waals surface area (Å²) >= 11 is 11.7. The van der Waals surface area contributed by atoms with Crippen LogP contribution in [0.5, 0.6) is 5.75 Å². The lowest BCUT2D eigenvalue weighted by Crippen LogP contribution is -2.36. The Kier molecular flexibility index (Phi) is 6.99. The number of carbonyl (C=O) groups is 1. The van der Waals surface area contributed by atoms with Gasteiger partial charge in [-0.2, -0.15) is 0 Å². The van der Waals surface area contributed by atoms with Gasteiger partial charge in [-0.05, 0) is 38.4 Å². The van der Waals surface area contributed by atoms with Gasteiger partial charge in [0.25, 0.3) is 5.91 Å². The number of nitrogens with two attached hydrogens (primary N) is 1. The zero-order valence-corrected chi connectivity index (χ0v) is 12.3. The molecule has 0 aliphatic heterocycles. The molecule has 0 fully saturated rings. The summed E-state index contributed by atoms with van der Waals surface area (Å²) in [4.78, 5) is 11.7. The van der Waals surface area contributed by atoms with Crippen LogP contribution >= 0.6 is 23.2 Å². The molecule has 0 aliphatic carbocycles. The third kappa shape index (κ3) is 5.68. The van der Waals surface area contributed by atoms with E-state index in [1.165, 1.54) is 0 Å². The molecule has 3 N–H and O–H groups in total. The maximum Gasteiger partial charge on any atom is 0.260 e. The number of nitrogens with one attached hydrogen (secondary N) is 1. The Hall–Kier alpha value is -0.970. The normalized spacial score (nSPS) is 12.0. The van der Waals surface area contributed by atoms with E-state index in [0.717, 1.165) is 12.8 Å². The molecular formula is C13H18Cl2N2O2. The highest BCUT2D eigenvalue weighted by molar-refractivity contribution is 6.42. The van der Waals surface area contributed by atoms with E-state index in [2.05, 4.69) is 5.32 Å². The van der Waals surface area contributed by atoms with Crippen molar-refractivity contribution in [1.82, 2.24) is 5.32 Å².